The lowest BCUT2D eigenvalue weighted by Crippen LogP contribution is -2.47. The SMILES string of the molecule is O=C(N/C(=C\c1ccco1)C(=O)N1CCC(O)(c2ccc(Br)cc2)CC1)C1CCCCC1. The summed E-state index contributed by atoms with van der Waals surface area (Å²) in [5.74, 6) is 0.115. The highest BCUT2D eigenvalue weighted by Crippen LogP contribution is 2.34. The van der Waals surface area contributed by atoms with Gasteiger partial charge >= 0.3 is 0 Å². The molecular formula is C25H29BrN2O4. The van der Waals surface area contributed by atoms with Gasteiger partial charge < -0.3 is 19.7 Å². The van der Waals surface area contributed by atoms with Gasteiger partial charge in [0, 0.05) is 29.6 Å². The third-order valence-corrected chi connectivity index (χ3v) is 7.08. The van der Waals surface area contributed by atoms with E-state index < -0.39 is 5.60 Å². The van der Waals surface area contributed by atoms with Crippen molar-refractivity contribution in [3.8, 4) is 0 Å². The minimum atomic E-state index is -0.965. The number of carbonyl (C=O) groups is 2. The van der Waals surface area contributed by atoms with Crippen molar-refractivity contribution in [2.75, 3.05) is 13.1 Å². The third-order valence-electron chi connectivity index (χ3n) is 6.55. The zero-order chi connectivity index (χ0) is 22.6. The van der Waals surface area contributed by atoms with Crippen molar-refractivity contribution in [3.05, 3.63) is 64.2 Å². The Hall–Kier alpha value is -2.38. The maximum atomic E-state index is 13.3. The van der Waals surface area contributed by atoms with Crippen LogP contribution in [0.3, 0.4) is 0 Å². The van der Waals surface area contributed by atoms with Crippen LogP contribution in [0.5, 0.6) is 0 Å². The molecule has 0 bridgehead atoms. The molecule has 170 valence electrons. The van der Waals surface area contributed by atoms with Crippen molar-refractivity contribution >= 4 is 33.8 Å². The van der Waals surface area contributed by atoms with Crippen LogP contribution < -0.4 is 5.32 Å². The predicted molar refractivity (Wildman–Crippen MR) is 125 cm³/mol. The van der Waals surface area contributed by atoms with Crippen LogP contribution in [0.25, 0.3) is 6.08 Å². The average Bonchev–Trinajstić information content (AvgIpc) is 3.33. The van der Waals surface area contributed by atoms with Crippen LogP contribution in [0.15, 0.2) is 57.2 Å². The number of likely N-dealkylation sites (tertiary alicyclic amines) is 1. The Balaban J connectivity index is 1.46. The first-order valence-electron chi connectivity index (χ1n) is 11.3. The lowest BCUT2D eigenvalue weighted by Gasteiger charge is -2.39. The first-order chi connectivity index (χ1) is 15.4. The van der Waals surface area contributed by atoms with Crippen LogP contribution in [0.1, 0.15) is 56.3 Å². The van der Waals surface area contributed by atoms with Gasteiger partial charge in [0.2, 0.25) is 5.91 Å². The second kappa shape index (κ2) is 10.0. The summed E-state index contributed by atoms with van der Waals surface area (Å²) in [4.78, 5) is 27.9. The summed E-state index contributed by atoms with van der Waals surface area (Å²) in [6.07, 6.45) is 8.97. The molecule has 2 fully saturated rings. The van der Waals surface area contributed by atoms with Gasteiger partial charge in [-0.2, -0.15) is 0 Å². The van der Waals surface area contributed by atoms with E-state index in [4.69, 9.17) is 4.42 Å². The number of nitrogens with zero attached hydrogens (tertiary/aromatic N) is 1. The molecule has 32 heavy (non-hydrogen) atoms. The van der Waals surface area contributed by atoms with Crippen molar-refractivity contribution in [3.63, 3.8) is 0 Å². The van der Waals surface area contributed by atoms with Gasteiger partial charge in [-0.15, -0.1) is 0 Å². The summed E-state index contributed by atoms with van der Waals surface area (Å²) in [5, 5.41) is 14.0. The molecular weight excluding hydrogens is 472 g/mol. The smallest absolute Gasteiger partial charge is 0.270 e. The summed E-state index contributed by atoms with van der Waals surface area (Å²) in [6.45, 7) is 0.806. The Morgan fingerprint density at radius 3 is 2.41 bits per heavy atom. The molecule has 2 heterocycles. The van der Waals surface area contributed by atoms with Crippen molar-refractivity contribution in [2.45, 2.75) is 50.5 Å². The maximum Gasteiger partial charge on any atom is 0.270 e. The molecule has 7 heteroatoms. The van der Waals surface area contributed by atoms with Gasteiger partial charge in [0.25, 0.3) is 5.91 Å². The molecule has 2 aromatic rings. The van der Waals surface area contributed by atoms with Gasteiger partial charge in [-0.1, -0.05) is 47.3 Å². The zero-order valence-corrected chi connectivity index (χ0v) is 19.6. The minimum Gasteiger partial charge on any atom is -0.465 e. The van der Waals surface area contributed by atoms with Gasteiger partial charge in [0.1, 0.15) is 11.5 Å². The Bertz CT molecular complexity index is 954. The summed E-state index contributed by atoms with van der Waals surface area (Å²) < 4.78 is 6.34. The van der Waals surface area contributed by atoms with Gasteiger partial charge in [-0.05, 0) is 55.5 Å². The van der Waals surface area contributed by atoms with Crippen molar-refractivity contribution in [1.82, 2.24) is 10.2 Å². The fraction of sp³-hybridized carbons (Fsp3) is 0.440. The lowest BCUT2D eigenvalue weighted by atomic mass is 9.84. The molecule has 2 N–H and O–H groups in total. The van der Waals surface area contributed by atoms with Crippen LogP contribution >= 0.6 is 15.9 Å². The highest BCUT2D eigenvalue weighted by molar-refractivity contribution is 9.10. The molecule has 1 aliphatic carbocycles. The number of amides is 2. The van der Waals surface area contributed by atoms with Crippen LogP contribution in [-0.4, -0.2) is 34.9 Å². The molecule has 2 amide bonds. The zero-order valence-electron chi connectivity index (χ0n) is 18.1. The van der Waals surface area contributed by atoms with Crippen LogP contribution in [0.4, 0.5) is 0 Å². The van der Waals surface area contributed by atoms with E-state index in [0.29, 0.717) is 31.7 Å². The predicted octanol–water partition coefficient (Wildman–Crippen LogP) is 4.59. The Morgan fingerprint density at radius 1 is 1.09 bits per heavy atom. The Morgan fingerprint density at radius 2 is 1.78 bits per heavy atom. The molecule has 1 saturated heterocycles. The van der Waals surface area contributed by atoms with E-state index >= 15 is 0 Å². The molecule has 2 aliphatic rings. The molecule has 1 aromatic carbocycles. The van der Waals surface area contributed by atoms with E-state index in [2.05, 4.69) is 21.2 Å². The molecule has 1 aromatic heterocycles. The highest BCUT2D eigenvalue weighted by atomic mass is 79.9. The molecule has 1 aliphatic heterocycles. The third kappa shape index (κ3) is 5.33. The van der Waals surface area contributed by atoms with Crippen LogP contribution in [-0.2, 0) is 15.2 Å². The quantitative estimate of drug-likeness (QED) is 0.588. The number of hydrogen-bond donors (Lipinski definition) is 2. The fourth-order valence-corrected chi connectivity index (χ4v) is 4.83. The Labute approximate surface area is 196 Å². The van der Waals surface area contributed by atoms with Gasteiger partial charge in [-0.3, -0.25) is 9.59 Å². The van der Waals surface area contributed by atoms with Crippen molar-refractivity contribution in [2.24, 2.45) is 5.92 Å². The number of rotatable bonds is 5. The number of furan rings is 1. The lowest BCUT2D eigenvalue weighted by molar-refractivity contribution is -0.134. The Kier molecular flexibility index (Phi) is 7.16. The summed E-state index contributed by atoms with van der Waals surface area (Å²) in [7, 11) is 0. The van der Waals surface area contributed by atoms with E-state index in [9.17, 15) is 14.7 Å². The van der Waals surface area contributed by atoms with E-state index in [0.717, 1.165) is 42.1 Å². The number of hydrogen-bond acceptors (Lipinski definition) is 4. The highest BCUT2D eigenvalue weighted by Gasteiger charge is 2.36. The number of halogens is 1. The van der Waals surface area contributed by atoms with E-state index in [1.165, 1.54) is 6.26 Å². The first-order valence-corrected chi connectivity index (χ1v) is 12.1. The van der Waals surface area contributed by atoms with Gasteiger partial charge in [0.05, 0.1) is 11.9 Å². The largest absolute Gasteiger partial charge is 0.465 e. The molecule has 0 radical (unpaired) electrons. The minimum absolute atomic E-state index is 0.0552. The molecule has 6 nitrogen and oxygen atoms in total. The molecule has 4 rings (SSSR count). The van der Waals surface area contributed by atoms with Crippen LogP contribution in [0.2, 0.25) is 0 Å². The van der Waals surface area contributed by atoms with Crippen LogP contribution in [0, 0.1) is 5.92 Å². The van der Waals surface area contributed by atoms with E-state index in [-0.39, 0.29) is 23.4 Å². The average molecular weight is 501 g/mol. The van der Waals surface area contributed by atoms with Crippen molar-refractivity contribution < 1.29 is 19.1 Å². The monoisotopic (exact) mass is 500 g/mol. The number of benzene rings is 1. The van der Waals surface area contributed by atoms with Gasteiger partial charge in [0.15, 0.2) is 0 Å². The normalized spacial score (nSPS) is 19.6. The van der Waals surface area contributed by atoms with E-state index in [1.807, 2.05) is 24.3 Å². The molecule has 0 spiro atoms. The first kappa shape index (κ1) is 22.8. The summed E-state index contributed by atoms with van der Waals surface area (Å²) >= 11 is 3.42. The molecule has 0 unspecified atom stereocenters. The second-order valence-corrected chi connectivity index (χ2v) is 9.64. The number of carbonyl (C=O) groups excluding carboxylic acids is 2. The topological polar surface area (TPSA) is 82.8 Å². The molecule has 0 atom stereocenters. The summed E-state index contributed by atoms with van der Waals surface area (Å²) in [6, 6.07) is 11.1. The second-order valence-electron chi connectivity index (χ2n) is 8.73. The number of nitrogens with one attached hydrogen (secondary N) is 1. The standard InChI is InChI=1S/C25H29BrN2O4/c26-20-10-8-19(9-11-20)25(31)12-14-28(15-13-25)24(30)22(17-21-7-4-16-32-21)27-23(29)18-5-2-1-3-6-18/h4,7-11,16-18,31H,1-3,5-6,12-15H2,(H,27,29)/b22-17-. The van der Waals surface area contributed by atoms with Gasteiger partial charge in [-0.25, -0.2) is 0 Å². The number of piperidine rings is 1. The fourth-order valence-electron chi connectivity index (χ4n) is 4.57. The van der Waals surface area contributed by atoms with E-state index in [1.54, 1.807) is 23.1 Å². The number of aliphatic hydroxyl groups is 1. The summed E-state index contributed by atoms with van der Waals surface area (Å²) in [5.41, 5.74) is 0.114. The molecule has 1 saturated carbocycles. The van der Waals surface area contributed by atoms with Crippen molar-refractivity contribution in [1.29, 1.82) is 0 Å². The maximum absolute atomic E-state index is 13.3.